The summed E-state index contributed by atoms with van der Waals surface area (Å²) in [6, 6.07) is 12.8. The Morgan fingerprint density at radius 2 is 1.83 bits per heavy atom. The molecule has 0 unspecified atom stereocenters. The van der Waals surface area contributed by atoms with Gasteiger partial charge in [0, 0.05) is 11.8 Å². The average molecular weight is 310 g/mol. The van der Waals surface area contributed by atoms with E-state index in [1.807, 2.05) is 24.3 Å². The second-order valence-corrected chi connectivity index (χ2v) is 6.34. The zero-order chi connectivity index (χ0) is 16.4. The molecule has 0 atom stereocenters. The summed E-state index contributed by atoms with van der Waals surface area (Å²) in [5.74, 6) is 0.629. The molecule has 2 aromatic heterocycles. The fourth-order valence-electron chi connectivity index (χ4n) is 2.17. The van der Waals surface area contributed by atoms with Crippen LogP contribution in [0.5, 0.6) is 0 Å². The number of benzene rings is 1. The Kier molecular flexibility index (Phi) is 3.78. The van der Waals surface area contributed by atoms with E-state index in [1.54, 1.807) is 18.2 Å². The molecule has 118 valence electrons. The highest BCUT2D eigenvalue weighted by Crippen LogP contribution is 2.24. The molecule has 2 heterocycles. The quantitative estimate of drug-likeness (QED) is 0.774. The molecule has 3 rings (SSSR count). The summed E-state index contributed by atoms with van der Waals surface area (Å²) < 4.78 is 10.3. The molecule has 0 aliphatic rings. The number of rotatable bonds is 3. The van der Waals surface area contributed by atoms with E-state index in [0.717, 1.165) is 0 Å². The van der Waals surface area contributed by atoms with Gasteiger partial charge in [-0.1, -0.05) is 38.1 Å². The zero-order valence-corrected chi connectivity index (χ0v) is 13.3. The molecule has 5 heteroatoms. The Morgan fingerprint density at radius 1 is 1.09 bits per heavy atom. The zero-order valence-electron chi connectivity index (χ0n) is 13.3. The first-order valence-electron chi connectivity index (χ1n) is 7.36. The van der Waals surface area contributed by atoms with Crippen LogP contribution in [-0.2, 0) is 5.41 Å². The molecule has 23 heavy (non-hydrogen) atoms. The largest absolute Gasteiger partial charge is 0.461 e. The third kappa shape index (κ3) is 3.34. The van der Waals surface area contributed by atoms with E-state index in [2.05, 4.69) is 31.2 Å². The van der Waals surface area contributed by atoms with Crippen molar-refractivity contribution >= 4 is 11.6 Å². The topological polar surface area (TPSA) is 68.3 Å². The van der Waals surface area contributed by atoms with E-state index < -0.39 is 0 Å². The van der Waals surface area contributed by atoms with Crippen molar-refractivity contribution in [2.45, 2.75) is 26.2 Å². The maximum atomic E-state index is 12.2. The van der Waals surface area contributed by atoms with E-state index in [1.165, 1.54) is 11.8 Å². The molecule has 1 amide bonds. The highest BCUT2D eigenvalue weighted by Gasteiger charge is 2.16. The molecule has 0 saturated heterocycles. The highest BCUT2D eigenvalue weighted by atomic mass is 16.5. The summed E-state index contributed by atoms with van der Waals surface area (Å²) in [5.41, 5.74) is 2.20. The molecule has 1 aromatic carbocycles. The number of hydrogen-bond donors (Lipinski definition) is 1. The normalized spacial score (nSPS) is 11.4. The first kappa shape index (κ1) is 15.1. The Balaban J connectivity index is 1.72. The lowest BCUT2D eigenvalue weighted by atomic mass is 9.87. The molecule has 1 N–H and O–H groups in total. The predicted molar refractivity (Wildman–Crippen MR) is 87.3 cm³/mol. The van der Waals surface area contributed by atoms with Gasteiger partial charge in [0.15, 0.2) is 11.5 Å². The van der Waals surface area contributed by atoms with E-state index in [9.17, 15) is 4.79 Å². The lowest BCUT2D eigenvalue weighted by Gasteiger charge is -2.19. The van der Waals surface area contributed by atoms with Gasteiger partial charge in [-0.2, -0.15) is 0 Å². The first-order valence-corrected chi connectivity index (χ1v) is 7.36. The molecule has 3 aromatic rings. The van der Waals surface area contributed by atoms with Crippen LogP contribution in [0.15, 0.2) is 57.7 Å². The van der Waals surface area contributed by atoms with Crippen LogP contribution in [0.2, 0.25) is 0 Å². The lowest BCUT2D eigenvalue weighted by Crippen LogP contribution is -2.13. The number of hydrogen-bond acceptors (Lipinski definition) is 4. The monoisotopic (exact) mass is 310 g/mol. The van der Waals surface area contributed by atoms with Crippen molar-refractivity contribution in [3.05, 3.63) is 60.0 Å². The molecular weight excluding hydrogens is 292 g/mol. The fraction of sp³-hybridized carbons (Fsp3) is 0.222. The van der Waals surface area contributed by atoms with Crippen LogP contribution >= 0.6 is 0 Å². The number of nitrogens with one attached hydrogen (secondary N) is 1. The molecule has 0 spiro atoms. The van der Waals surface area contributed by atoms with Crippen molar-refractivity contribution in [1.82, 2.24) is 5.16 Å². The lowest BCUT2D eigenvalue weighted by molar-refractivity contribution is 0.101. The predicted octanol–water partition coefficient (Wildman–Crippen LogP) is 4.48. The number of anilines is 1. The van der Waals surface area contributed by atoms with E-state index >= 15 is 0 Å². The van der Waals surface area contributed by atoms with Crippen molar-refractivity contribution < 1.29 is 13.7 Å². The minimum atomic E-state index is -0.324. The second-order valence-electron chi connectivity index (χ2n) is 6.34. The maximum Gasteiger partial charge on any atom is 0.277 e. The van der Waals surface area contributed by atoms with Gasteiger partial charge < -0.3 is 14.3 Å². The van der Waals surface area contributed by atoms with Gasteiger partial charge in [-0.15, -0.1) is 0 Å². The number of aromatic nitrogens is 1. The SMILES string of the molecule is CC(C)(C)c1ccc(NC(=O)c2cc(-c3ccco3)on2)cc1. The molecule has 0 bridgehead atoms. The van der Waals surface area contributed by atoms with Crippen molar-refractivity contribution in [1.29, 1.82) is 0 Å². The maximum absolute atomic E-state index is 12.2. The smallest absolute Gasteiger partial charge is 0.277 e. The van der Waals surface area contributed by atoms with Crippen molar-refractivity contribution in [3.8, 4) is 11.5 Å². The molecule has 0 fully saturated rings. The number of carbonyl (C=O) groups is 1. The molecule has 0 radical (unpaired) electrons. The van der Waals surface area contributed by atoms with Gasteiger partial charge in [0.2, 0.25) is 5.76 Å². The third-order valence-corrected chi connectivity index (χ3v) is 3.52. The van der Waals surface area contributed by atoms with E-state index in [0.29, 0.717) is 17.2 Å². The first-order chi connectivity index (χ1) is 10.9. The Hall–Kier alpha value is -2.82. The van der Waals surface area contributed by atoms with Crippen LogP contribution in [0.4, 0.5) is 5.69 Å². The van der Waals surface area contributed by atoms with Crippen LogP contribution < -0.4 is 5.32 Å². The number of amides is 1. The summed E-state index contributed by atoms with van der Waals surface area (Å²) in [5, 5.41) is 6.58. The van der Waals surface area contributed by atoms with Gasteiger partial charge in [0.25, 0.3) is 5.91 Å². The van der Waals surface area contributed by atoms with Gasteiger partial charge in [0.1, 0.15) is 0 Å². The summed E-state index contributed by atoms with van der Waals surface area (Å²) in [6.45, 7) is 6.43. The summed E-state index contributed by atoms with van der Waals surface area (Å²) in [7, 11) is 0. The minimum Gasteiger partial charge on any atom is -0.461 e. The second kappa shape index (κ2) is 5.76. The third-order valence-electron chi connectivity index (χ3n) is 3.52. The van der Waals surface area contributed by atoms with Gasteiger partial charge in [-0.25, -0.2) is 0 Å². The number of nitrogens with zero attached hydrogens (tertiary/aromatic N) is 1. The van der Waals surface area contributed by atoms with Crippen LogP contribution in [-0.4, -0.2) is 11.1 Å². The number of furan rings is 1. The summed E-state index contributed by atoms with van der Waals surface area (Å²) >= 11 is 0. The van der Waals surface area contributed by atoms with Crippen LogP contribution in [0, 0.1) is 0 Å². The molecule has 0 aliphatic heterocycles. The summed E-state index contributed by atoms with van der Waals surface area (Å²) in [4.78, 5) is 12.2. The highest BCUT2D eigenvalue weighted by molar-refractivity contribution is 6.03. The summed E-state index contributed by atoms with van der Waals surface area (Å²) in [6.07, 6.45) is 1.54. The fourth-order valence-corrected chi connectivity index (χ4v) is 2.17. The Labute approximate surface area is 134 Å². The molecule has 5 nitrogen and oxygen atoms in total. The molecule has 0 saturated carbocycles. The standard InChI is InChI=1S/C18H18N2O3/c1-18(2,3)12-6-8-13(9-7-12)19-17(21)14-11-16(23-20-14)15-5-4-10-22-15/h4-11H,1-3H3,(H,19,21). The van der Waals surface area contributed by atoms with Gasteiger partial charge in [-0.05, 0) is 35.2 Å². The molecular formula is C18H18N2O3. The van der Waals surface area contributed by atoms with E-state index in [-0.39, 0.29) is 17.0 Å². The van der Waals surface area contributed by atoms with Gasteiger partial charge in [0.05, 0.1) is 6.26 Å². The van der Waals surface area contributed by atoms with Crippen LogP contribution in [0.25, 0.3) is 11.5 Å². The molecule has 0 aliphatic carbocycles. The Bertz CT molecular complexity index is 794. The van der Waals surface area contributed by atoms with Gasteiger partial charge in [-0.3, -0.25) is 4.79 Å². The average Bonchev–Trinajstić information content (AvgIpc) is 3.18. The van der Waals surface area contributed by atoms with Crippen molar-refractivity contribution in [2.75, 3.05) is 5.32 Å². The van der Waals surface area contributed by atoms with E-state index in [4.69, 9.17) is 8.94 Å². The van der Waals surface area contributed by atoms with Crippen molar-refractivity contribution in [2.24, 2.45) is 0 Å². The van der Waals surface area contributed by atoms with Crippen LogP contribution in [0.3, 0.4) is 0 Å². The van der Waals surface area contributed by atoms with Gasteiger partial charge >= 0.3 is 0 Å². The minimum absolute atomic E-state index is 0.0760. The van der Waals surface area contributed by atoms with Crippen molar-refractivity contribution in [3.63, 3.8) is 0 Å². The van der Waals surface area contributed by atoms with Crippen LogP contribution in [0.1, 0.15) is 36.8 Å². The Morgan fingerprint density at radius 3 is 2.43 bits per heavy atom. The number of carbonyl (C=O) groups excluding carboxylic acids is 1.